The zero-order valence-electron chi connectivity index (χ0n) is 13.4. The summed E-state index contributed by atoms with van der Waals surface area (Å²) in [7, 11) is 0. The maximum atomic E-state index is 12.2. The maximum Gasteiger partial charge on any atom is 0.244 e. The van der Waals surface area contributed by atoms with Gasteiger partial charge in [-0.15, -0.1) is 0 Å². The lowest BCUT2D eigenvalue weighted by Crippen LogP contribution is -2.36. The minimum absolute atomic E-state index is 0.0517. The van der Waals surface area contributed by atoms with Crippen molar-refractivity contribution in [3.8, 4) is 0 Å². The Kier molecular flexibility index (Phi) is 5.40. The van der Waals surface area contributed by atoms with E-state index >= 15 is 0 Å². The van der Waals surface area contributed by atoms with Crippen LogP contribution in [0.3, 0.4) is 0 Å². The fourth-order valence-electron chi connectivity index (χ4n) is 2.17. The Morgan fingerprint density at radius 2 is 1.70 bits per heavy atom. The van der Waals surface area contributed by atoms with Gasteiger partial charge in [0.05, 0.1) is 0 Å². The Balaban J connectivity index is 2.10. The van der Waals surface area contributed by atoms with E-state index in [1.165, 1.54) is 11.8 Å². The largest absolute Gasteiger partial charge is 0.325 e. The molecule has 0 aliphatic rings. The lowest BCUT2D eigenvalue weighted by atomic mass is 10.1. The van der Waals surface area contributed by atoms with Crippen LogP contribution in [0.25, 0.3) is 0 Å². The minimum atomic E-state index is -0.251. The molecule has 5 heteroatoms. The number of rotatable bonds is 4. The summed E-state index contributed by atoms with van der Waals surface area (Å²) in [5, 5.41) is 3.40. The predicted octanol–water partition coefficient (Wildman–Crippen LogP) is 3.95. The molecule has 0 saturated heterocycles. The van der Waals surface area contributed by atoms with Crippen LogP contribution in [0, 0.1) is 13.8 Å². The zero-order chi connectivity index (χ0) is 17.0. The molecular weight excluding hydrogens is 312 g/mol. The molecule has 0 aliphatic heterocycles. The second-order valence-corrected chi connectivity index (χ2v) is 5.87. The van der Waals surface area contributed by atoms with Crippen LogP contribution < -0.4 is 10.2 Å². The summed E-state index contributed by atoms with van der Waals surface area (Å²) < 4.78 is 0. The molecule has 2 amide bonds. The highest BCUT2D eigenvalue weighted by Crippen LogP contribution is 2.19. The van der Waals surface area contributed by atoms with E-state index in [2.05, 4.69) is 5.32 Å². The minimum Gasteiger partial charge on any atom is -0.325 e. The summed E-state index contributed by atoms with van der Waals surface area (Å²) in [6.07, 6.45) is 0. The summed E-state index contributed by atoms with van der Waals surface area (Å²) >= 11 is 5.85. The first-order valence-electron chi connectivity index (χ1n) is 7.27. The molecule has 0 aliphatic carbocycles. The second-order valence-electron chi connectivity index (χ2n) is 5.43. The monoisotopic (exact) mass is 330 g/mol. The van der Waals surface area contributed by atoms with Gasteiger partial charge in [-0.1, -0.05) is 17.7 Å². The Morgan fingerprint density at radius 3 is 2.26 bits per heavy atom. The molecule has 1 N–H and O–H groups in total. The highest BCUT2D eigenvalue weighted by molar-refractivity contribution is 6.30. The quantitative estimate of drug-likeness (QED) is 0.922. The van der Waals surface area contributed by atoms with Gasteiger partial charge in [-0.25, -0.2) is 0 Å². The third-order valence-corrected chi connectivity index (χ3v) is 3.86. The standard InChI is InChI=1S/C18H19ClN2O2/c1-12-4-7-16(10-13(12)2)20-18(23)11-21(14(3)22)17-8-5-15(19)6-9-17/h4-10H,11H2,1-3H3,(H,20,23). The molecule has 2 aromatic carbocycles. The lowest BCUT2D eigenvalue weighted by Gasteiger charge is -2.21. The number of benzene rings is 2. The van der Waals surface area contributed by atoms with Crippen LogP contribution >= 0.6 is 11.6 Å². The molecule has 4 nitrogen and oxygen atoms in total. The molecule has 0 heterocycles. The normalized spacial score (nSPS) is 10.3. The van der Waals surface area contributed by atoms with E-state index in [1.807, 2.05) is 32.0 Å². The van der Waals surface area contributed by atoms with Crippen LogP contribution in [-0.2, 0) is 9.59 Å². The Bertz CT molecular complexity index is 726. The van der Waals surface area contributed by atoms with Crippen LogP contribution in [0.15, 0.2) is 42.5 Å². The first-order valence-corrected chi connectivity index (χ1v) is 7.65. The smallest absolute Gasteiger partial charge is 0.244 e. The van der Waals surface area contributed by atoms with Gasteiger partial charge in [0.1, 0.15) is 6.54 Å². The van der Waals surface area contributed by atoms with Crippen molar-refractivity contribution < 1.29 is 9.59 Å². The highest BCUT2D eigenvalue weighted by atomic mass is 35.5. The van der Waals surface area contributed by atoms with Gasteiger partial charge in [-0.2, -0.15) is 0 Å². The topological polar surface area (TPSA) is 49.4 Å². The van der Waals surface area contributed by atoms with Gasteiger partial charge in [-0.05, 0) is 61.4 Å². The predicted molar refractivity (Wildman–Crippen MR) is 94.0 cm³/mol. The van der Waals surface area contributed by atoms with Gasteiger partial charge in [0.25, 0.3) is 0 Å². The molecule has 0 atom stereocenters. The molecule has 23 heavy (non-hydrogen) atoms. The number of aryl methyl sites for hydroxylation is 2. The van der Waals surface area contributed by atoms with Crippen molar-refractivity contribution >= 4 is 34.8 Å². The van der Waals surface area contributed by atoms with Crippen LogP contribution in [0.1, 0.15) is 18.1 Å². The van der Waals surface area contributed by atoms with E-state index < -0.39 is 0 Å². The fourth-order valence-corrected chi connectivity index (χ4v) is 2.29. The summed E-state index contributed by atoms with van der Waals surface area (Å²) in [5.41, 5.74) is 3.62. The van der Waals surface area contributed by atoms with Crippen molar-refractivity contribution in [3.63, 3.8) is 0 Å². The summed E-state index contributed by atoms with van der Waals surface area (Å²) in [5.74, 6) is -0.457. The zero-order valence-corrected chi connectivity index (χ0v) is 14.1. The third kappa shape index (κ3) is 4.57. The summed E-state index contributed by atoms with van der Waals surface area (Å²) in [6, 6.07) is 12.5. The van der Waals surface area contributed by atoms with E-state index in [4.69, 9.17) is 11.6 Å². The van der Waals surface area contributed by atoms with Crippen molar-refractivity contribution in [1.29, 1.82) is 0 Å². The van der Waals surface area contributed by atoms with Gasteiger partial charge < -0.3 is 10.2 Å². The SMILES string of the molecule is CC(=O)N(CC(=O)Nc1ccc(C)c(C)c1)c1ccc(Cl)cc1. The molecule has 2 aromatic rings. The fraction of sp³-hybridized carbons (Fsp3) is 0.222. The molecule has 0 bridgehead atoms. The number of hydrogen-bond donors (Lipinski definition) is 1. The van der Waals surface area contributed by atoms with E-state index in [9.17, 15) is 9.59 Å². The highest BCUT2D eigenvalue weighted by Gasteiger charge is 2.16. The number of nitrogens with zero attached hydrogens (tertiary/aromatic N) is 1. The number of carbonyl (C=O) groups is 2. The molecule has 0 radical (unpaired) electrons. The average molecular weight is 331 g/mol. The van der Waals surface area contributed by atoms with Gasteiger partial charge in [0, 0.05) is 23.3 Å². The molecule has 0 saturated carbocycles. The second kappa shape index (κ2) is 7.29. The van der Waals surface area contributed by atoms with Gasteiger partial charge in [-0.3, -0.25) is 9.59 Å². The van der Waals surface area contributed by atoms with E-state index in [0.717, 1.165) is 16.8 Å². The Morgan fingerprint density at radius 1 is 1.04 bits per heavy atom. The summed E-state index contributed by atoms with van der Waals surface area (Å²) in [4.78, 5) is 25.5. The number of hydrogen-bond acceptors (Lipinski definition) is 2. The van der Waals surface area contributed by atoms with Crippen molar-refractivity contribution in [2.24, 2.45) is 0 Å². The number of carbonyl (C=O) groups excluding carboxylic acids is 2. The van der Waals surface area contributed by atoms with Gasteiger partial charge in [0.15, 0.2) is 0 Å². The van der Waals surface area contributed by atoms with Crippen LogP contribution in [0.4, 0.5) is 11.4 Å². The Labute approximate surface area is 141 Å². The summed E-state index contributed by atoms with van der Waals surface area (Å²) in [6.45, 7) is 5.38. The molecule has 0 unspecified atom stereocenters. The van der Waals surface area contributed by atoms with Crippen LogP contribution in [0.2, 0.25) is 5.02 Å². The van der Waals surface area contributed by atoms with Crippen LogP contribution in [0.5, 0.6) is 0 Å². The molecule has 2 rings (SSSR count). The molecule has 0 aromatic heterocycles. The van der Waals surface area contributed by atoms with Gasteiger partial charge in [0.2, 0.25) is 11.8 Å². The number of halogens is 1. The molecular formula is C18H19ClN2O2. The van der Waals surface area contributed by atoms with E-state index in [-0.39, 0.29) is 18.4 Å². The first-order chi connectivity index (χ1) is 10.9. The van der Waals surface area contributed by atoms with Crippen molar-refractivity contribution in [1.82, 2.24) is 0 Å². The van der Waals surface area contributed by atoms with E-state index in [1.54, 1.807) is 24.3 Å². The van der Waals surface area contributed by atoms with Crippen molar-refractivity contribution in [2.45, 2.75) is 20.8 Å². The van der Waals surface area contributed by atoms with Crippen LogP contribution in [-0.4, -0.2) is 18.4 Å². The third-order valence-electron chi connectivity index (χ3n) is 3.61. The lowest BCUT2D eigenvalue weighted by molar-refractivity contribution is -0.120. The van der Waals surface area contributed by atoms with Gasteiger partial charge >= 0.3 is 0 Å². The number of amides is 2. The Hall–Kier alpha value is -2.33. The average Bonchev–Trinajstić information content (AvgIpc) is 2.49. The van der Waals surface area contributed by atoms with Crippen molar-refractivity contribution in [3.05, 3.63) is 58.6 Å². The molecule has 0 fully saturated rings. The van der Waals surface area contributed by atoms with Crippen molar-refractivity contribution in [2.75, 3.05) is 16.8 Å². The molecule has 120 valence electrons. The van der Waals surface area contributed by atoms with E-state index in [0.29, 0.717) is 10.7 Å². The number of anilines is 2. The number of nitrogens with one attached hydrogen (secondary N) is 1. The maximum absolute atomic E-state index is 12.2. The first kappa shape index (κ1) is 17.0. The molecule has 0 spiro atoms.